The van der Waals surface area contributed by atoms with E-state index in [-0.39, 0.29) is 19.0 Å². The number of aliphatic hydroxyl groups excluding tert-OH is 2. The molecule has 0 amide bonds. The SMILES string of the molecule is CN(CCCCCO)S(=O)(=O)CCO. The van der Waals surface area contributed by atoms with Crippen molar-refractivity contribution in [1.29, 1.82) is 0 Å². The Hall–Kier alpha value is -0.170. The highest BCUT2D eigenvalue weighted by Crippen LogP contribution is 2.02. The third-order valence-corrected chi connectivity index (χ3v) is 3.79. The summed E-state index contributed by atoms with van der Waals surface area (Å²) in [7, 11) is -1.77. The van der Waals surface area contributed by atoms with E-state index in [1.54, 1.807) is 0 Å². The van der Waals surface area contributed by atoms with Gasteiger partial charge in [-0.25, -0.2) is 12.7 Å². The van der Waals surface area contributed by atoms with Crippen LogP contribution in [0.4, 0.5) is 0 Å². The van der Waals surface area contributed by atoms with Crippen LogP contribution in [0.3, 0.4) is 0 Å². The summed E-state index contributed by atoms with van der Waals surface area (Å²) < 4.78 is 23.9. The first-order chi connectivity index (χ1) is 6.54. The predicted octanol–water partition coefficient (Wildman–Crippen LogP) is -0.597. The van der Waals surface area contributed by atoms with Gasteiger partial charge in [0.15, 0.2) is 0 Å². The van der Waals surface area contributed by atoms with Crippen LogP contribution in [0.15, 0.2) is 0 Å². The van der Waals surface area contributed by atoms with Crippen LogP contribution in [0.1, 0.15) is 19.3 Å². The fourth-order valence-corrected chi connectivity index (χ4v) is 1.98. The number of rotatable bonds is 8. The fourth-order valence-electron chi connectivity index (χ4n) is 1.03. The van der Waals surface area contributed by atoms with Crippen molar-refractivity contribution in [1.82, 2.24) is 4.31 Å². The van der Waals surface area contributed by atoms with Crippen molar-refractivity contribution in [2.45, 2.75) is 19.3 Å². The molecule has 6 heteroatoms. The molecular formula is C8H19NO4S. The minimum Gasteiger partial charge on any atom is -0.396 e. The van der Waals surface area contributed by atoms with Gasteiger partial charge in [0.1, 0.15) is 0 Å². The molecule has 86 valence electrons. The first-order valence-electron chi connectivity index (χ1n) is 4.70. The summed E-state index contributed by atoms with van der Waals surface area (Å²) in [4.78, 5) is 0. The molecule has 0 unspecified atom stereocenters. The average Bonchev–Trinajstić information content (AvgIpc) is 2.12. The van der Waals surface area contributed by atoms with Crippen molar-refractivity contribution in [3.05, 3.63) is 0 Å². The van der Waals surface area contributed by atoms with Gasteiger partial charge in [-0.3, -0.25) is 0 Å². The Bertz CT molecular complexity index is 227. The fraction of sp³-hybridized carbons (Fsp3) is 1.00. The van der Waals surface area contributed by atoms with Crippen molar-refractivity contribution in [2.24, 2.45) is 0 Å². The Morgan fingerprint density at radius 2 is 1.71 bits per heavy atom. The lowest BCUT2D eigenvalue weighted by Crippen LogP contribution is -2.31. The first-order valence-corrected chi connectivity index (χ1v) is 6.31. The van der Waals surface area contributed by atoms with E-state index in [9.17, 15) is 8.42 Å². The third kappa shape index (κ3) is 5.54. The summed E-state index contributed by atoms with van der Waals surface area (Å²) in [6, 6.07) is 0. The number of hydrogen-bond acceptors (Lipinski definition) is 4. The van der Waals surface area contributed by atoms with E-state index in [0.717, 1.165) is 12.8 Å². The highest BCUT2D eigenvalue weighted by molar-refractivity contribution is 7.89. The molecule has 0 aliphatic heterocycles. The van der Waals surface area contributed by atoms with Gasteiger partial charge in [0, 0.05) is 20.2 Å². The normalized spacial score (nSPS) is 12.3. The lowest BCUT2D eigenvalue weighted by Gasteiger charge is -2.15. The van der Waals surface area contributed by atoms with E-state index in [2.05, 4.69) is 0 Å². The van der Waals surface area contributed by atoms with Crippen molar-refractivity contribution >= 4 is 10.0 Å². The summed E-state index contributed by atoms with van der Waals surface area (Å²) in [6.07, 6.45) is 2.26. The Morgan fingerprint density at radius 1 is 1.07 bits per heavy atom. The van der Waals surface area contributed by atoms with Gasteiger partial charge >= 0.3 is 0 Å². The lowest BCUT2D eigenvalue weighted by molar-refractivity contribution is 0.281. The molecule has 0 rings (SSSR count). The molecule has 0 aliphatic carbocycles. The lowest BCUT2D eigenvalue weighted by atomic mass is 10.2. The molecule has 2 N–H and O–H groups in total. The standard InChI is InChI=1S/C8H19NO4S/c1-9(5-3-2-4-6-10)14(12,13)8-7-11/h10-11H,2-8H2,1H3. The largest absolute Gasteiger partial charge is 0.396 e. The zero-order valence-corrected chi connectivity index (χ0v) is 9.33. The van der Waals surface area contributed by atoms with Crippen molar-refractivity contribution in [3.8, 4) is 0 Å². The van der Waals surface area contributed by atoms with Crippen LogP contribution in [-0.4, -0.2) is 55.5 Å². The third-order valence-electron chi connectivity index (χ3n) is 1.96. The Morgan fingerprint density at radius 3 is 2.21 bits per heavy atom. The molecule has 0 bridgehead atoms. The molecule has 0 fully saturated rings. The second-order valence-electron chi connectivity index (χ2n) is 3.15. The number of hydrogen-bond donors (Lipinski definition) is 2. The van der Waals surface area contributed by atoms with Gasteiger partial charge < -0.3 is 10.2 Å². The number of aliphatic hydroxyl groups is 2. The van der Waals surface area contributed by atoms with E-state index in [1.807, 2.05) is 0 Å². The molecule has 0 aromatic carbocycles. The molecule has 0 aromatic rings. The monoisotopic (exact) mass is 225 g/mol. The molecule has 0 aliphatic rings. The number of sulfonamides is 1. The van der Waals surface area contributed by atoms with Crippen LogP contribution in [0.25, 0.3) is 0 Å². The Kier molecular flexibility index (Phi) is 7.08. The highest BCUT2D eigenvalue weighted by Gasteiger charge is 2.15. The average molecular weight is 225 g/mol. The van der Waals surface area contributed by atoms with Gasteiger partial charge in [0.05, 0.1) is 12.4 Å². The van der Waals surface area contributed by atoms with Gasteiger partial charge in [-0.2, -0.15) is 0 Å². The maximum atomic E-state index is 11.3. The van der Waals surface area contributed by atoms with Gasteiger partial charge in [0.2, 0.25) is 10.0 Å². The molecule has 14 heavy (non-hydrogen) atoms. The summed E-state index contributed by atoms with van der Waals surface area (Å²) in [5.41, 5.74) is 0. The van der Waals surface area contributed by atoms with Crippen LogP contribution in [-0.2, 0) is 10.0 Å². The van der Waals surface area contributed by atoms with Crippen LogP contribution < -0.4 is 0 Å². The smallest absolute Gasteiger partial charge is 0.216 e. The quantitative estimate of drug-likeness (QED) is 0.541. The molecule has 5 nitrogen and oxygen atoms in total. The molecule has 0 saturated heterocycles. The molecule has 0 heterocycles. The zero-order chi connectivity index (χ0) is 11.0. The van der Waals surface area contributed by atoms with E-state index in [4.69, 9.17) is 10.2 Å². The van der Waals surface area contributed by atoms with Gasteiger partial charge in [0.25, 0.3) is 0 Å². The van der Waals surface area contributed by atoms with Crippen LogP contribution in [0.5, 0.6) is 0 Å². The molecular weight excluding hydrogens is 206 g/mol. The predicted molar refractivity (Wildman–Crippen MR) is 54.4 cm³/mol. The van der Waals surface area contributed by atoms with Gasteiger partial charge in [-0.1, -0.05) is 0 Å². The van der Waals surface area contributed by atoms with Crippen LogP contribution in [0.2, 0.25) is 0 Å². The molecule has 0 spiro atoms. The van der Waals surface area contributed by atoms with Gasteiger partial charge in [-0.05, 0) is 19.3 Å². The summed E-state index contributed by atoms with van der Waals surface area (Å²) >= 11 is 0. The molecule has 0 atom stereocenters. The highest BCUT2D eigenvalue weighted by atomic mass is 32.2. The van der Waals surface area contributed by atoms with E-state index >= 15 is 0 Å². The van der Waals surface area contributed by atoms with E-state index in [0.29, 0.717) is 13.0 Å². The molecule has 0 radical (unpaired) electrons. The van der Waals surface area contributed by atoms with Crippen molar-refractivity contribution < 1.29 is 18.6 Å². The molecule has 0 aromatic heterocycles. The second kappa shape index (κ2) is 7.17. The Balaban J connectivity index is 3.78. The van der Waals surface area contributed by atoms with Gasteiger partial charge in [-0.15, -0.1) is 0 Å². The zero-order valence-electron chi connectivity index (χ0n) is 8.52. The van der Waals surface area contributed by atoms with E-state index < -0.39 is 10.0 Å². The maximum absolute atomic E-state index is 11.3. The van der Waals surface area contributed by atoms with Crippen LogP contribution >= 0.6 is 0 Å². The number of unbranched alkanes of at least 4 members (excludes halogenated alkanes) is 2. The van der Waals surface area contributed by atoms with Crippen molar-refractivity contribution in [2.75, 3.05) is 32.6 Å². The second-order valence-corrected chi connectivity index (χ2v) is 5.34. The summed E-state index contributed by atoms with van der Waals surface area (Å²) in [6.45, 7) is 0.249. The van der Waals surface area contributed by atoms with Crippen LogP contribution in [0, 0.1) is 0 Å². The van der Waals surface area contributed by atoms with Crippen molar-refractivity contribution in [3.63, 3.8) is 0 Å². The maximum Gasteiger partial charge on any atom is 0.216 e. The minimum absolute atomic E-state index is 0.146. The number of nitrogens with zero attached hydrogens (tertiary/aromatic N) is 1. The summed E-state index contributed by atoms with van der Waals surface area (Å²) in [5.74, 6) is -0.219. The molecule has 0 saturated carbocycles. The minimum atomic E-state index is -3.28. The topological polar surface area (TPSA) is 77.8 Å². The first kappa shape index (κ1) is 13.8. The summed E-state index contributed by atoms with van der Waals surface area (Å²) in [5, 5.41) is 17.0. The Labute approximate surface area is 85.4 Å². The van der Waals surface area contributed by atoms with E-state index in [1.165, 1.54) is 11.4 Å².